The molecule has 4 rings (SSSR count). The second-order valence-corrected chi connectivity index (χ2v) is 8.52. The van der Waals surface area contributed by atoms with Crippen LogP contribution in [-0.4, -0.2) is 43.4 Å². The van der Waals surface area contributed by atoms with Crippen molar-refractivity contribution < 1.29 is 9.59 Å². The zero-order valence-electron chi connectivity index (χ0n) is 17.7. The highest BCUT2D eigenvalue weighted by molar-refractivity contribution is 7.15. The molecule has 0 unspecified atom stereocenters. The number of amides is 2. The van der Waals surface area contributed by atoms with Crippen molar-refractivity contribution in [3.8, 4) is 10.6 Å². The maximum atomic E-state index is 13.1. The van der Waals surface area contributed by atoms with Gasteiger partial charge in [-0.1, -0.05) is 6.92 Å². The summed E-state index contributed by atoms with van der Waals surface area (Å²) in [5.41, 5.74) is 2.47. The van der Waals surface area contributed by atoms with Crippen LogP contribution in [-0.2, 0) is 4.79 Å². The van der Waals surface area contributed by atoms with Gasteiger partial charge in [-0.25, -0.2) is 9.97 Å². The van der Waals surface area contributed by atoms with Gasteiger partial charge in [0.25, 0.3) is 5.91 Å². The van der Waals surface area contributed by atoms with Crippen molar-refractivity contribution in [2.75, 3.05) is 11.9 Å². The van der Waals surface area contributed by atoms with Gasteiger partial charge in [-0.3, -0.25) is 19.1 Å². The van der Waals surface area contributed by atoms with Crippen LogP contribution >= 0.6 is 11.3 Å². The number of thiophene rings is 1. The van der Waals surface area contributed by atoms with E-state index < -0.39 is 0 Å². The van der Waals surface area contributed by atoms with Gasteiger partial charge in [-0.05, 0) is 32.0 Å². The Morgan fingerprint density at radius 2 is 2.13 bits per heavy atom. The molecule has 0 aliphatic carbocycles. The number of carbonyl (C=O) groups excluding carboxylic acids is 2. The van der Waals surface area contributed by atoms with Crippen LogP contribution < -0.4 is 10.2 Å². The molecule has 0 radical (unpaired) electrons. The Balaban J connectivity index is 1.80. The molecule has 10 heteroatoms. The number of hydrogen-bond donors (Lipinski definition) is 2. The number of anilines is 1. The van der Waals surface area contributed by atoms with Gasteiger partial charge in [0.1, 0.15) is 12.2 Å². The second-order valence-electron chi connectivity index (χ2n) is 7.23. The Bertz CT molecular complexity index is 1240. The van der Waals surface area contributed by atoms with Crippen LogP contribution in [0.15, 0.2) is 36.9 Å². The number of aromatic amines is 1. The van der Waals surface area contributed by atoms with Crippen molar-refractivity contribution in [2.24, 2.45) is 0 Å². The largest absolute Gasteiger partial charge is 0.342 e. The van der Waals surface area contributed by atoms with Gasteiger partial charge in [-0.15, -0.1) is 11.3 Å². The van der Waals surface area contributed by atoms with Gasteiger partial charge in [0.15, 0.2) is 5.65 Å². The van der Waals surface area contributed by atoms with Gasteiger partial charge >= 0.3 is 0 Å². The van der Waals surface area contributed by atoms with Crippen LogP contribution in [0, 0.1) is 6.92 Å². The molecule has 4 heterocycles. The Hall–Kier alpha value is -3.53. The number of carbonyl (C=O) groups is 2. The predicted molar refractivity (Wildman–Crippen MR) is 119 cm³/mol. The number of aryl methyl sites for hydroxylation is 1. The maximum absolute atomic E-state index is 13.1. The SMILES string of the molecule is CCC(=O)N(C)c1cc(C(=O)N[C@@H](C)c2ncn[nH]2)cn2c(-c3ccc(C)s3)cnc12. The van der Waals surface area contributed by atoms with Crippen LogP contribution in [0.5, 0.6) is 0 Å². The molecule has 2 N–H and O–H groups in total. The predicted octanol–water partition coefficient (Wildman–Crippen LogP) is 3.35. The molecule has 0 saturated carbocycles. The summed E-state index contributed by atoms with van der Waals surface area (Å²) in [5.74, 6) is 0.211. The zero-order chi connectivity index (χ0) is 22.1. The third-order valence-corrected chi connectivity index (χ3v) is 6.09. The summed E-state index contributed by atoms with van der Waals surface area (Å²) in [4.78, 5) is 37.9. The Kier molecular flexibility index (Phi) is 5.55. The molecular weight excluding hydrogens is 414 g/mol. The number of fused-ring (bicyclic) bond motifs is 1. The highest BCUT2D eigenvalue weighted by Gasteiger charge is 2.21. The first kappa shape index (κ1) is 20.7. The number of nitrogens with one attached hydrogen (secondary N) is 2. The molecule has 1 atom stereocenters. The number of H-pyrrole nitrogens is 1. The summed E-state index contributed by atoms with van der Waals surface area (Å²) in [6, 6.07) is 5.42. The van der Waals surface area contributed by atoms with Crippen LogP contribution in [0.3, 0.4) is 0 Å². The number of hydrogen-bond acceptors (Lipinski definition) is 6. The molecule has 2 amide bonds. The lowest BCUT2D eigenvalue weighted by molar-refractivity contribution is -0.118. The van der Waals surface area contributed by atoms with Gasteiger partial charge in [0.2, 0.25) is 5.91 Å². The summed E-state index contributed by atoms with van der Waals surface area (Å²) < 4.78 is 1.87. The average molecular weight is 438 g/mol. The Morgan fingerprint density at radius 3 is 2.77 bits per heavy atom. The first-order chi connectivity index (χ1) is 14.9. The summed E-state index contributed by atoms with van der Waals surface area (Å²) >= 11 is 1.65. The minimum absolute atomic E-state index is 0.0639. The van der Waals surface area contributed by atoms with E-state index in [1.807, 2.05) is 30.4 Å². The fraction of sp³-hybridized carbons (Fsp3) is 0.286. The molecule has 4 aromatic rings. The topological polar surface area (TPSA) is 108 Å². The number of rotatable bonds is 6. The van der Waals surface area contributed by atoms with Crippen LogP contribution in [0.25, 0.3) is 16.2 Å². The van der Waals surface area contributed by atoms with Crippen molar-refractivity contribution in [3.05, 3.63) is 53.2 Å². The fourth-order valence-electron chi connectivity index (χ4n) is 3.34. The monoisotopic (exact) mass is 437 g/mol. The smallest absolute Gasteiger partial charge is 0.253 e. The van der Waals surface area contributed by atoms with Crippen molar-refractivity contribution in [2.45, 2.75) is 33.2 Å². The van der Waals surface area contributed by atoms with E-state index in [-0.39, 0.29) is 17.9 Å². The fourth-order valence-corrected chi connectivity index (χ4v) is 4.21. The van der Waals surface area contributed by atoms with Crippen molar-refractivity contribution in [1.29, 1.82) is 0 Å². The molecule has 0 bridgehead atoms. The lowest BCUT2D eigenvalue weighted by Gasteiger charge is -2.19. The minimum Gasteiger partial charge on any atom is -0.342 e. The minimum atomic E-state index is -0.355. The molecule has 0 aliphatic rings. The molecule has 9 nitrogen and oxygen atoms in total. The molecule has 0 aromatic carbocycles. The number of pyridine rings is 1. The van der Waals surface area contributed by atoms with Gasteiger partial charge in [0.05, 0.1) is 34.1 Å². The van der Waals surface area contributed by atoms with E-state index in [4.69, 9.17) is 0 Å². The molecule has 160 valence electrons. The van der Waals surface area contributed by atoms with E-state index in [0.29, 0.717) is 29.1 Å². The normalized spacial score (nSPS) is 12.1. The highest BCUT2D eigenvalue weighted by atomic mass is 32.1. The molecular formula is C21H23N7O2S. The van der Waals surface area contributed by atoms with E-state index >= 15 is 0 Å². The Labute approximate surface area is 183 Å². The molecule has 4 aromatic heterocycles. The van der Waals surface area contributed by atoms with E-state index in [0.717, 1.165) is 10.6 Å². The molecule has 0 fully saturated rings. The molecule has 31 heavy (non-hydrogen) atoms. The number of nitrogens with zero attached hydrogens (tertiary/aromatic N) is 5. The third-order valence-electron chi connectivity index (χ3n) is 5.07. The average Bonchev–Trinajstić information content (AvgIpc) is 3.52. The quantitative estimate of drug-likeness (QED) is 0.481. The third kappa shape index (κ3) is 3.93. The maximum Gasteiger partial charge on any atom is 0.253 e. The van der Waals surface area contributed by atoms with Crippen LogP contribution in [0.2, 0.25) is 0 Å². The van der Waals surface area contributed by atoms with E-state index in [2.05, 4.69) is 25.5 Å². The van der Waals surface area contributed by atoms with Crippen LogP contribution in [0.1, 0.15) is 47.4 Å². The lowest BCUT2D eigenvalue weighted by Crippen LogP contribution is -2.29. The lowest BCUT2D eigenvalue weighted by atomic mass is 10.2. The van der Waals surface area contributed by atoms with Crippen molar-refractivity contribution in [1.82, 2.24) is 29.9 Å². The first-order valence-corrected chi connectivity index (χ1v) is 10.7. The molecule has 0 spiro atoms. The van der Waals surface area contributed by atoms with E-state index in [9.17, 15) is 9.59 Å². The summed E-state index contributed by atoms with van der Waals surface area (Å²) in [7, 11) is 1.70. The molecule has 0 aliphatic heterocycles. The highest BCUT2D eigenvalue weighted by Crippen LogP contribution is 2.32. The van der Waals surface area contributed by atoms with Crippen molar-refractivity contribution >= 4 is 34.5 Å². The van der Waals surface area contributed by atoms with Crippen LogP contribution in [0.4, 0.5) is 5.69 Å². The Morgan fingerprint density at radius 1 is 1.32 bits per heavy atom. The standard InChI is InChI=1S/C21H23N7O2S/c1-5-18(29)27(4)15-8-14(21(30)25-13(3)19-23-11-24-26-19)10-28-16(9-22-20(15)28)17-7-6-12(2)31-17/h6-11,13H,5H2,1-4H3,(H,25,30)(H,23,24,26)/t13-/m0/s1. The van der Waals surface area contributed by atoms with Crippen molar-refractivity contribution in [3.63, 3.8) is 0 Å². The summed E-state index contributed by atoms with van der Waals surface area (Å²) in [6.07, 6.45) is 5.27. The second kappa shape index (κ2) is 8.31. The number of aromatic nitrogens is 5. The first-order valence-electron chi connectivity index (χ1n) is 9.89. The van der Waals surface area contributed by atoms with E-state index in [1.165, 1.54) is 11.2 Å². The van der Waals surface area contributed by atoms with E-state index in [1.54, 1.807) is 48.7 Å². The van der Waals surface area contributed by atoms with Gasteiger partial charge in [-0.2, -0.15) is 5.10 Å². The number of imidazole rings is 1. The summed E-state index contributed by atoms with van der Waals surface area (Å²) in [5, 5.41) is 9.51. The van der Waals surface area contributed by atoms with Gasteiger partial charge < -0.3 is 10.2 Å². The van der Waals surface area contributed by atoms with Gasteiger partial charge in [0, 0.05) is 24.5 Å². The zero-order valence-corrected chi connectivity index (χ0v) is 18.5. The molecule has 0 saturated heterocycles. The summed E-state index contributed by atoms with van der Waals surface area (Å²) in [6.45, 7) is 5.67.